The van der Waals surface area contributed by atoms with Crippen molar-refractivity contribution in [2.45, 2.75) is 26.8 Å². The highest BCUT2D eigenvalue weighted by atomic mass is 16.5. The Bertz CT molecular complexity index is 1000. The minimum Gasteiger partial charge on any atom is -0.426 e. The monoisotopic (exact) mass is 377 g/mol. The molecule has 27 heavy (non-hydrogen) atoms. The number of pyridine rings is 1. The number of carbonyl (C=O) groups excluding carboxylic acids is 1. The molecule has 1 amide bonds. The molecule has 0 fully saturated rings. The maximum atomic E-state index is 12.1. The fourth-order valence-electron chi connectivity index (χ4n) is 2.35. The molecular formula is C17H23N5O5. The molecule has 10 nitrogen and oxygen atoms in total. The zero-order valence-corrected chi connectivity index (χ0v) is 15.8. The number of hydrogen-bond donors (Lipinski definition) is 3. The van der Waals surface area contributed by atoms with Gasteiger partial charge in [0.2, 0.25) is 0 Å². The summed E-state index contributed by atoms with van der Waals surface area (Å²) in [6, 6.07) is 1.78. The van der Waals surface area contributed by atoms with E-state index in [0.717, 1.165) is 17.1 Å². The van der Waals surface area contributed by atoms with Crippen molar-refractivity contribution in [2.24, 2.45) is 11.8 Å². The Morgan fingerprint density at radius 2 is 1.74 bits per heavy atom. The van der Waals surface area contributed by atoms with Crippen LogP contribution < -0.4 is 32.5 Å². The van der Waals surface area contributed by atoms with Crippen molar-refractivity contribution in [3.05, 3.63) is 48.5 Å². The second-order valence-corrected chi connectivity index (χ2v) is 6.87. The summed E-state index contributed by atoms with van der Waals surface area (Å²) < 4.78 is 0.413. The van der Waals surface area contributed by atoms with E-state index in [1.807, 2.05) is 20.8 Å². The molecule has 0 bridgehead atoms. The van der Waals surface area contributed by atoms with Gasteiger partial charge < -0.3 is 15.4 Å². The summed E-state index contributed by atoms with van der Waals surface area (Å²) in [5.41, 5.74) is -2.71. The molecule has 0 spiro atoms. The van der Waals surface area contributed by atoms with Crippen molar-refractivity contribution >= 4 is 23.1 Å². The van der Waals surface area contributed by atoms with Gasteiger partial charge in [-0.15, -0.1) is 0 Å². The number of nitrogens with zero attached hydrogens (tertiary/aromatic N) is 3. The van der Waals surface area contributed by atoms with Crippen molar-refractivity contribution in [3.8, 4) is 0 Å². The number of nitrogens with two attached hydrogens (primary N) is 1. The predicted molar refractivity (Wildman–Crippen MR) is 102 cm³/mol. The van der Waals surface area contributed by atoms with Crippen LogP contribution in [-0.2, 0) is 0 Å². The maximum Gasteiger partial charge on any atom is 0.273 e. The lowest BCUT2D eigenvalue weighted by atomic mass is 10.0. The Hall–Kier alpha value is -3.14. The molecule has 0 aliphatic rings. The zero-order chi connectivity index (χ0) is 20.6. The molecule has 0 aliphatic heterocycles. The van der Waals surface area contributed by atoms with Crippen LogP contribution in [0.15, 0.2) is 26.5 Å². The highest BCUT2D eigenvalue weighted by Crippen LogP contribution is 2.26. The Morgan fingerprint density at radius 1 is 1.15 bits per heavy atom. The summed E-state index contributed by atoms with van der Waals surface area (Å²) >= 11 is 0. The SMILES string of the molecule is CC(C)[C@H](C)Nc1c(N(N)c2cc(=O)cc(C(=O)N(C)C)n2O)c(=O)c1=O. The third kappa shape index (κ3) is 3.56. The molecule has 1 aromatic carbocycles. The number of hydrogen-bond acceptors (Lipinski definition) is 8. The van der Waals surface area contributed by atoms with Gasteiger partial charge in [0, 0.05) is 32.3 Å². The van der Waals surface area contributed by atoms with Gasteiger partial charge in [-0.3, -0.25) is 24.2 Å². The molecule has 0 radical (unpaired) electrons. The van der Waals surface area contributed by atoms with Crippen LogP contribution in [-0.4, -0.2) is 40.9 Å². The van der Waals surface area contributed by atoms with Gasteiger partial charge in [0.25, 0.3) is 16.8 Å². The zero-order valence-electron chi connectivity index (χ0n) is 15.8. The van der Waals surface area contributed by atoms with Gasteiger partial charge in [0.1, 0.15) is 11.4 Å². The van der Waals surface area contributed by atoms with Crippen LogP contribution in [0.25, 0.3) is 0 Å². The minimum atomic E-state index is -0.854. The van der Waals surface area contributed by atoms with Crippen LogP contribution >= 0.6 is 0 Å². The first-order valence-electron chi connectivity index (χ1n) is 8.30. The first-order valence-corrected chi connectivity index (χ1v) is 8.30. The van der Waals surface area contributed by atoms with Crippen LogP contribution in [0.4, 0.5) is 17.2 Å². The Labute approximate surface area is 155 Å². The van der Waals surface area contributed by atoms with Crippen molar-refractivity contribution in [2.75, 3.05) is 24.4 Å². The quantitative estimate of drug-likeness (QED) is 0.273. The number of anilines is 3. The van der Waals surface area contributed by atoms with Crippen molar-refractivity contribution < 1.29 is 10.0 Å². The molecule has 1 aromatic heterocycles. The van der Waals surface area contributed by atoms with Gasteiger partial charge in [-0.05, 0) is 12.8 Å². The van der Waals surface area contributed by atoms with Gasteiger partial charge in [0.15, 0.2) is 16.9 Å². The third-order valence-electron chi connectivity index (χ3n) is 4.37. The van der Waals surface area contributed by atoms with Gasteiger partial charge in [-0.1, -0.05) is 13.8 Å². The number of amides is 1. The minimum absolute atomic E-state index is 0.000452. The van der Waals surface area contributed by atoms with E-state index in [2.05, 4.69) is 5.32 Å². The van der Waals surface area contributed by atoms with E-state index < -0.39 is 22.2 Å². The van der Waals surface area contributed by atoms with Gasteiger partial charge in [-0.2, -0.15) is 4.73 Å². The maximum absolute atomic E-state index is 12.1. The molecule has 2 rings (SSSR count). The lowest BCUT2D eigenvalue weighted by molar-refractivity contribution is 0.0773. The summed E-state index contributed by atoms with van der Waals surface area (Å²) in [6.45, 7) is 5.71. The van der Waals surface area contributed by atoms with Crippen LogP contribution in [0.1, 0.15) is 31.3 Å². The second kappa shape index (κ2) is 7.23. The number of carbonyl (C=O) groups is 1. The van der Waals surface area contributed by atoms with Crippen molar-refractivity contribution in [1.29, 1.82) is 0 Å². The van der Waals surface area contributed by atoms with E-state index in [-0.39, 0.29) is 34.8 Å². The van der Waals surface area contributed by atoms with Crippen LogP contribution in [0.2, 0.25) is 0 Å². The lowest BCUT2D eigenvalue weighted by Gasteiger charge is -2.27. The topological polar surface area (TPSA) is 138 Å². The van der Waals surface area contributed by atoms with Gasteiger partial charge in [-0.25, -0.2) is 5.84 Å². The molecule has 0 aliphatic carbocycles. The Kier molecular flexibility index (Phi) is 5.41. The molecule has 1 atom stereocenters. The summed E-state index contributed by atoms with van der Waals surface area (Å²) in [7, 11) is 2.90. The first-order chi connectivity index (χ1) is 12.5. The first kappa shape index (κ1) is 20.2. The van der Waals surface area contributed by atoms with E-state index in [1.165, 1.54) is 19.0 Å². The van der Waals surface area contributed by atoms with Gasteiger partial charge in [0.05, 0.1) is 0 Å². The summed E-state index contributed by atoms with van der Waals surface area (Å²) in [5.74, 6) is 5.14. The molecule has 1 heterocycles. The summed E-state index contributed by atoms with van der Waals surface area (Å²) in [6.07, 6.45) is 0. The smallest absolute Gasteiger partial charge is 0.273 e. The highest BCUT2D eigenvalue weighted by molar-refractivity contribution is 5.93. The molecule has 0 saturated heterocycles. The highest BCUT2D eigenvalue weighted by Gasteiger charge is 2.29. The lowest BCUT2D eigenvalue weighted by Crippen LogP contribution is -2.46. The van der Waals surface area contributed by atoms with E-state index in [9.17, 15) is 24.4 Å². The normalized spacial score (nSPS) is 12.3. The summed E-state index contributed by atoms with van der Waals surface area (Å²) in [4.78, 5) is 49.3. The number of hydrazine groups is 1. The summed E-state index contributed by atoms with van der Waals surface area (Å²) in [5, 5.41) is 14.0. The molecular weight excluding hydrogens is 354 g/mol. The number of nitrogens with one attached hydrogen (secondary N) is 1. The van der Waals surface area contributed by atoms with Crippen LogP contribution in [0.3, 0.4) is 0 Å². The number of rotatable bonds is 6. The average molecular weight is 377 g/mol. The van der Waals surface area contributed by atoms with Crippen molar-refractivity contribution in [1.82, 2.24) is 9.63 Å². The molecule has 146 valence electrons. The molecule has 10 heteroatoms. The number of aromatic nitrogens is 1. The van der Waals surface area contributed by atoms with E-state index in [1.54, 1.807) is 0 Å². The standard InChI is InChI=1S/C17H23N5O5/c1-8(2)9(3)19-13-14(16(25)15(13)24)21(18)12-7-10(23)6-11(22(12)27)17(26)20(4)5/h6-9,19,27H,18H2,1-5H3/t9-/m0/s1. The fourth-order valence-corrected chi connectivity index (χ4v) is 2.35. The largest absolute Gasteiger partial charge is 0.426 e. The average Bonchev–Trinajstić information content (AvgIpc) is 2.61. The van der Waals surface area contributed by atoms with Crippen LogP contribution in [0, 0.1) is 5.92 Å². The van der Waals surface area contributed by atoms with E-state index in [0.29, 0.717) is 4.73 Å². The van der Waals surface area contributed by atoms with Crippen molar-refractivity contribution in [3.63, 3.8) is 0 Å². The molecule has 0 unspecified atom stereocenters. The van der Waals surface area contributed by atoms with E-state index in [4.69, 9.17) is 5.84 Å². The molecule has 0 saturated carbocycles. The predicted octanol–water partition coefficient (Wildman–Crippen LogP) is -0.148. The third-order valence-corrected chi connectivity index (χ3v) is 4.37. The molecule has 2 aromatic rings. The van der Waals surface area contributed by atoms with E-state index >= 15 is 0 Å². The Morgan fingerprint density at radius 3 is 2.26 bits per heavy atom. The Balaban J connectivity index is 2.54. The second-order valence-electron chi connectivity index (χ2n) is 6.87. The molecule has 4 N–H and O–H groups in total. The fraction of sp³-hybridized carbons (Fsp3) is 0.412. The van der Waals surface area contributed by atoms with Crippen LogP contribution in [0.5, 0.6) is 0 Å². The van der Waals surface area contributed by atoms with Gasteiger partial charge >= 0.3 is 0 Å².